The minimum atomic E-state index is -3.90. The van der Waals surface area contributed by atoms with E-state index in [0.29, 0.717) is 0 Å². The van der Waals surface area contributed by atoms with E-state index in [1.54, 1.807) is 12.1 Å². The van der Waals surface area contributed by atoms with E-state index in [1.807, 2.05) is 0 Å². The summed E-state index contributed by atoms with van der Waals surface area (Å²) in [5.74, 6) is -0.558. The third-order valence-corrected chi connectivity index (χ3v) is 3.35. The molecular weight excluding hydrogens is 255 g/mol. The molecule has 1 radical (unpaired) electrons. The lowest BCUT2D eigenvalue weighted by Gasteiger charge is -2.12. The summed E-state index contributed by atoms with van der Waals surface area (Å²) in [6.07, 6.45) is 0. The van der Waals surface area contributed by atoms with Crippen LogP contribution in [0.3, 0.4) is 0 Å². The van der Waals surface area contributed by atoms with Crippen molar-refractivity contribution in [1.29, 1.82) is 0 Å². The van der Waals surface area contributed by atoms with Crippen molar-refractivity contribution in [3.63, 3.8) is 0 Å². The van der Waals surface area contributed by atoms with Crippen LogP contribution in [0.2, 0.25) is 0 Å². The van der Waals surface area contributed by atoms with Crippen molar-refractivity contribution in [2.24, 2.45) is 0 Å². The van der Waals surface area contributed by atoms with Crippen molar-refractivity contribution < 1.29 is 23.5 Å². The van der Waals surface area contributed by atoms with Gasteiger partial charge in [0.15, 0.2) is 0 Å². The summed E-state index contributed by atoms with van der Waals surface area (Å²) in [4.78, 5) is 20.6. The first-order chi connectivity index (χ1) is 8.43. The predicted octanol–water partition coefficient (Wildman–Crippen LogP) is 1.43. The van der Waals surface area contributed by atoms with Gasteiger partial charge in [-0.1, -0.05) is 24.8 Å². The number of esters is 1. The molecule has 0 amide bonds. The second-order valence-corrected chi connectivity index (χ2v) is 5.30. The maximum atomic E-state index is 11.7. The Labute approximate surface area is 106 Å². The van der Waals surface area contributed by atoms with Gasteiger partial charge in [0.05, 0.1) is 11.9 Å². The fourth-order valence-corrected chi connectivity index (χ4v) is 2.02. The average molecular weight is 269 g/mol. The molecule has 18 heavy (non-hydrogen) atoms. The van der Waals surface area contributed by atoms with Crippen molar-refractivity contribution in [2.45, 2.75) is 6.92 Å². The van der Waals surface area contributed by atoms with Gasteiger partial charge in [0.1, 0.15) is 6.61 Å². The standard InChI is InChI=1S/C12H14O5P/c1-10(2)12(13)16-8-9-17-18(14,15)11-6-4-3-5-7-11/h3-6H,1,8-9H2,2H3,(H,14,15). The normalized spacial score (nSPS) is 13.7. The molecule has 1 atom stereocenters. The number of carbonyl (C=O) groups excluding carboxylic acids is 1. The SMILES string of the molecule is C=C(C)C(=O)OCCOP(=O)(O)c1[c]cccc1. The fraction of sp³-hybridized carbons (Fsp3) is 0.250. The van der Waals surface area contributed by atoms with Crippen LogP contribution in [0.25, 0.3) is 0 Å². The molecule has 0 heterocycles. The van der Waals surface area contributed by atoms with Crippen molar-refractivity contribution in [3.05, 3.63) is 42.5 Å². The Hall–Kier alpha value is -1.42. The highest BCUT2D eigenvalue weighted by Gasteiger charge is 2.22. The topological polar surface area (TPSA) is 72.8 Å². The summed E-state index contributed by atoms with van der Waals surface area (Å²) in [5, 5.41) is 0.0798. The van der Waals surface area contributed by atoms with Crippen LogP contribution in [0.5, 0.6) is 0 Å². The minimum absolute atomic E-state index is 0.0798. The van der Waals surface area contributed by atoms with Gasteiger partial charge < -0.3 is 14.2 Å². The molecule has 0 bridgehead atoms. The Kier molecular flexibility index (Phi) is 5.28. The number of carbonyl (C=O) groups is 1. The largest absolute Gasteiger partial charge is 0.460 e. The third-order valence-electron chi connectivity index (χ3n) is 1.93. The first kappa shape index (κ1) is 14.6. The molecule has 0 aliphatic rings. The molecule has 1 aromatic carbocycles. The third kappa shape index (κ3) is 4.45. The van der Waals surface area contributed by atoms with Gasteiger partial charge in [-0.15, -0.1) is 0 Å². The smallest absolute Gasteiger partial charge is 0.359 e. The van der Waals surface area contributed by atoms with Crippen LogP contribution in [0, 0.1) is 6.07 Å². The average Bonchev–Trinajstić information content (AvgIpc) is 2.35. The maximum Gasteiger partial charge on any atom is 0.359 e. The van der Waals surface area contributed by atoms with Crippen LogP contribution in [-0.2, 0) is 18.6 Å². The van der Waals surface area contributed by atoms with Gasteiger partial charge in [0.2, 0.25) is 0 Å². The molecule has 6 heteroatoms. The molecule has 0 aliphatic carbocycles. The van der Waals surface area contributed by atoms with Crippen LogP contribution in [0.4, 0.5) is 0 Å². The van der Waals surface area contributed by atoms with Crippen molar-refractivity contribution in [2.75, 3.05) is 13.2 Å². The Bertz CT molecular complexity index is 469. The highest BCUT2D eigenvalue weighted by atomic mass is 31.2. The van der Waals surface area contributed by atoms with Crippen LogP contribution in [0.1, 0.15) is 6.92 Å². The first-order valence-corrected chi connectivity index (χ1v) is 6.78. The van der Waals surface area contributed by atoms with E-state index < -0.39 is 13.6 Å². The molecule has 5 nitrogen and oxygen atoms in total. The molecule has 0 saturated heterocycles. The van der Waals surface area contributed by atoms with Gasteiger partial charge in [0.25, 0.3) is 0 Å². The molecule has 0 fully saturated rings. The summed E-state index contributed by atoms with van der Waals surface area (Å²) in [7, 11) is -3.90. The number of benzene rings is 1. The summed E-state index contributed by atoms with van der Waals surface area (Å²) in [5.41, 5.74) is 0.263. The molecule has 0 aliphatic heterocycles. The Morgan fingerprint density at radius 3 is 2.78 bits per heavy atom. The molecule has 0 saturated carbocycles. The number of rotatable bonds is 6. The summed E-state index contributed by atoms with van der Waals surface area (Å²) >= 11 is 0. The van der Waals surface area contributed by atoms with Crippen LogP contribution in [-0.4, -0.2) is 24.1 Å². The molecule has 0 aromatic heterocycles. The molecule has 0 spiro atoms. The van der Waals surface area contributed by atoms with Gasteiger partial charge in [-0.2, -0.15) is 0 Å². The summed E-state index contributed by atoms with van der Waals surface area (Å²) < 4.78 is 21.3. The van der Waals surface area contributed by atoms with Crippen molar-refractivity contribution in [3.8, 4) is 0 Å². The lowest BCUT2D eigenvalue weighted by Crippen LogP contribution is -2.13. The summed E-state index contributed by atoms with van der Waals surface area (Å²) in [6.45, 7) is 4.64. The zero-order valence-corrected chi connectivity index (χ0v) is 10.9. The van der Waals surface area contributed by atoms with Crippen LogP contribution in [0.15, 0.2) is 36.4 Å². The highest BCUT2D eigenvalue weighted by molar-refractivity contribution is 7.61. The van der Waals surface area contributed by atoms with Gasteiger partial charge >= 0.3 is 13.6 Å². The molecule has 1 unspecified atom stereocenters. The van der Waals surface area contributed by atoms with E-state index in [0.717, 1.165) is 0 Å². The maximum absolute atomic E-state index is 11.7. The first-order valence-electron chi connectivity index (χ1n) is 5.21. The molecule has 97 valence electrons. The van der Waals surface area contributed by atoms with Crippen molar-refractivity contribution >= 4 is 18.9 Å². The van der Waals surface area contributed by atoms with Crippen molar-refractivity contribution in [1.82, 2.24) is 0 Å². The molecule has 1 rings (SSSR count). The second-order valence-electron chi connectivity index (χ2n) is 3.52. The summed E-state index contributed by atoms with van der Waals surface area (Å²) in [6, 6.07) is 8.87. The Balaban J connectivity index is 2.42. The zero-order valence-electron chi connectivity index (χ0n) is 9.96. The lowest BCUT2D eigenvalue weighted by atomic mass is 10.4. The monoisotopic (exact) mass is 269 g/mol. The van der Waals surface area contributed by atoms with E-state index >= 15 is 0 Å². The Morgan fingerprint density at radius 2 is 2.22 bits per heavy atom. The van der Waals surface area contributed by atoms with Crippen LogP contribution < -0.4 is 5.30 Å². The molecular formula is C12H14O5P. The van der Waals surface area contributed by atoms with Gasteiger partial charge in [-0.05, 0) is 19.1 Å². The highest BCUT2D eigenvalue weighted by Crippen LogP contribution is 2.39. The number of hydrogen-bond acceptors (Lipinski definition) is 4. The fourth-order valence-electron chi connectivity index (χ4n) is 1.05. The van der Waals surface area contributed by atoms with Crippen LogP contribution >= 0.6 is 7.60 Å². The zero-order chi connectivity index (χ0) is 13.6. The second kappa shape index (κ2) is 6.50. The Morgan fingerprint density at radius 1 is 1.50 bits per heavy atom. The molecule has 1 aromatic rings. The predicted molar refractivity (Wildman–Crippen MR) is 66.5 cm³/mol. The van der Waals surface area contributed by atoms with Gasteiger partial charge in [-0.25, -0.2) is 4.79 Å². The van der Waals surface area contributed by atoms with E-state index in [9.17, 15) is 14.3 Å². The number of hydrogen-bond donors (Lipinski definition) is 1. The number of ether oxygens (including phenoxy) is 1. The molecule has 1 N–H and O–H groups in total. The van der Waals surface area contributed by atoms with E-state index in [4.69, 9.17) is 9.26 Å². The van der Waals surface area contributed by atoms with E-state index in [1.165, 1.54) is 19.1 Å². The van der Waals surface area contributed by atoms with Gasteiger partial charge in [0, 0.05) is 5.57 Å². The lowest BCUT2D eigenvalue weighted by molar-refractivity contribution is -0.139. The van der Waals surface area contributed by atoms with E-state index in [-0.39, 0.29) is 24.1 Å². The minimum Gasteiger partial charge on any atom is -0.460 e. The quantitative estimate of drug-likeness (QED) is 0.366. The van der Waals surface area contributed by atoms with E-state index in [2.05, 4.69) is 12.6 Å². The van der Waals surface area contributed by atoms with Gasteiger partial charge in [-0.3, -0.25) is 4.57 Å².